The predicted molar refractivity (Wildman–Crippen MR) is 94.7 cm³/mol. The summed E-state index contributed by atoms with van der Waals surface area (Å²) in [6.45, 7) is 2.34. The van der Waals surface area contributed by atoms with E-state index < -0.39 is 11.5 Å². The lowest BCUT2D eigenvalue weighted by atomic mass is 9.92. The van der Waals surface area contributed by atoms with Crippen molar-refractivity contribution in [1.29, 1.82) is 0 Å². The molecule has 0 aromatic carbocycles. The van der Waals surface area contributed by atoms with Gasteiger partial charge in [-0.25, -0.2) is 13.8 Å². The van der Waals surface area contributed by atoms with E-state index in [9.17, 15) is 13.6 Å². The van der Waals surface area contributed by atoms with Gasteiger partial charge in [-0.3, -0.25) is 4.79 Å². The third kappa shape index (κ3) is 3.56. The number of hydrogen-bond acceptors (Lipinski definition) is 7. The number of halogens is 2. The van der Waals surface area contributed by atoms with Gasteiger partial charge in [0, 0.05) is 31.6 Å². The summed E-state index contributed by atoms with van der Waals surface area (Å²) in [5.41, 5.74) is -0.813. The molecule has 4 rings (SSSR count). The van der Waals surface area contributed by atoms with Crippen molar-refractivity contribution in [2.24, 2.45) is 0 Å². The van der Waals surface area contributed by atoms with Crippen LogP contribution in [0.2, 0.25) is 0 Å². The smallest absolute Gasteiger partial charge is 0.261 e. The van der Waals surface area contributed by atoms with Crippen molar-refractivity contribution in [2.45, 2.75) is 50.2 Å². The maximum absolute atomic E-state index is 13.4. The molecule has 2 aliphatic rings. The minimum atomic E-state index is -2.59. The first kappa shape index (κ1) is 18.7. The minimum absolute atomic E-state index is 0.0480. The lowest BCUT2D eigenvalue weighted by Crippen LogP contribution is -2.51. The predicted octanol–water partition coefficient (Wildman–Crippen LogP) is 2.48. The number of carbonyl (C=O) groups excluding carboxylic acids is 1. The van der Waals surface area contributed by atoms with E-state index in [1.165, 1.54) is 0 Å². The van der Waals surface area contributed by atoms with Crippen molar-refractivity contribution in [3.8, 4) is 11.5 Å². The van der Waals surface area contributed by atoms with Gasteiger partial charge in [0.25, 0.3) is 17.7 Å². The molecule has 0 radical (unpaired) electrons. The molecule has 1 atom stereocenters. The van der Waals surface area contributed by atoms with E-state index in [1.54, 1.807) is 25.3 Å². The Morgan fingerprint density at radius 3 is 2.82 bits per heavy atom. The van der Waals surface area contributed by atoms with Gasteiger partial charge < -0.3 is 19.8 Å². The van der Waals surface area contributed by atoms with Crippen LogP contribution in [-0.4, -0.2) is 46.2 Å². The van der Waals surface area contributed by atoms with Gasteiger partial charge in [-0.1, -0.05) is 0 Å². The highest BCUT2D eigenvalue weighted by atomic mass is 19.3. The van der Waals surface area contributed by atoms with Crippen molar-refractivity contribution in [3.63, 3.8) is 0 Å². The molecule has 1 amide bonds. The van der Waals surface area contributed by atoms with Crippen LogP contribution in [0, 0.1) is 0 Å². The van der Waals surface area contributed by atoms with E-state index >= 15 is 0 Å². The molecule has 1 saturated carbocycles. The average Bonchev–Trinajstić information content (AvgIpc) is 3.17. The molecule has 2 fully saturated rings. The second-order valence-corrected chi connectivity index (χ2v) is 7.22. The molecule has 1 aliphatic heterocycles. The largest absolute Gasteiger partial charge is 0.417 e. The van der Waals surface area contributed by atoms with Gasteiger partial charge in [-0.05, 0) is 31.9 Å². The zero-order valence-electron chi connectivity index (χ0n) is 15.4. The van der Waals surface area contributed by atoms with Crippen molar-refractivity contribution >= 4 is 11.7 Å². The van der Waals surface area contributed by atoms with Crippen LogP contribution in [0.3, 0.4) is 0 Å². The summed E-state index contributed by atoms with van der Waals surface area (Å²) >= 11 is 0. The summed E-state index contributed by atoms with van der Waals surface area (Å²) in [5.74, 6) is -2.24. The molecule has 0 spiro atoms. The Balaban J connectivity index is 1.56. The highest BCUT2D eigenvalue weighted by molar-refractivity contribution is 5.85. The number of nitrogens with one attached hydrogen (secondary N) is 2. The topological polar surface area (TPSA) is 102 Å². The van der Waals surface area contributed by atoms with Gasteiger partial charge in [0.2, 0.25) is 11.5 Å². The Morgan fingerprint density at radius 2 is 2.07 bits per heavy atom. The molecule has 0 bridgehead atoms. The summed E-state index contributed by atoms with van der Waals surface area (Å²) < 4.78 is 38.1. The molecule has 1 unspecified atom stereocenters. The number of morpholine rings is 1. The molecule has 1 saturated heterocycles. The fraction of sp³-hybridized carbons (Fsp3) is 0.556. The lowest BCUT2D eigenvalue weighted by molar-refractivity contribution is -0.156. The van der Waals surface area contributed by atoms with Crippen LogP contribution in [0.5, 0.6) is 0 Å². The molecule has 2 aromatic rings. The zero-order valence-corrected chi connectivity index (χ0v) is 15.4. The van der Waals surface area contributed by atoms with Gasteiger partial charge in [0.05, 0.1) is 12.2 Å². The second kappa shape index (κ2) is 7.08. The monoisotopic (exact) mass is 393 g/mol. The fourth-order valence-electron chi connectivity index (χ4n) is 3.41. The molecule has 8 nitrogen and oxygen atoms in total. The Labute approximate surface area is 160 Å². The summed E-state index contributed by atoms with van der Waals surface area (Å²) in [6, 6.07) is 3.35. The van der Waals surface area contributed by atoms with Gasteiger partial charge in [-0.2, -0.15) is 0 Å². The number of anilines is 1. The molecule has 2 aromatic heterocycles. The summed E-state index contributed by atoms with van der Waals surface area (Å²) in [6.07, 6.45) is 2.00. The Kier molecular flexibility index (Phi) is 4.74. The molecule has 2 N–H and O–H groups in total. The number of alkyl halides is 2. The fourth-order valence-corrected chi connectivity index (χ4v) is 3.41. The highest BCUT2D eigenvalue weighted by Crippen LogP contribution is 2.36. The van der Waals surface area contributed by atoms with Gasteiger partial charge in [0.1, 0.15) is 5.82 Å². The van der Waals surface area contributed by atoms with Crippen LogP contribution < -0.4 is 10.6 Å². The van der Waals surface area contributed by atoms with E-state index in [1.807, 2.05) is 0 Å². The SMILES string of the molecule is CC1(c2nnc(-c3cccnc3NC3CCC(F)(F)CC3)o2)OCCNC1=O. The quantitative estimate of drug-likeness (QED) is 0.823. The lowest BCUT2D eigenvalue weighted by Gasteiger charge is -2.29. The van der Waals surface area contributed by atoms with Gasteiger partial charge in [-0.15, -0.1) is 10.2 Å². The Hall–Kier alpha value is -2.62. The number of hydrogen-bond donors (Lipinski definition) is 2. The van der Waals surface area contributed by atoms with E-state index in [-0.39, 0.29) is 36.6 Å². The zero-order chi connectivity index (χ0) is 19.8. The van der Waals surface area contributed by atoms with Crippen molar-refractivity contribution < 1.29 is 22.7 Å². The summed E-state index contributed by atoms with van der Waals surface area (Å²) in [4.78, 5) is 16.5. The summed E-state index contributed by atoms with van der Waals surface area (Å²) in [5, 5.41) is 14.0. The number of ether oxygens (including phenoxy) is 1. The normalized spacial score (nSPS) is 25.3. The van der Waals surface area contributed by atoms with Crippen molar-refractivity contribution in [2.75, 3.05) is 18.5 Å². The van der Waals surface area contributed by atoms with Crippen LogP contribution >= 0.6 is 0 Å². The number of nitrogens with zero attached hydrogens (tertiary/aromatic N) is 3. The average molecular weight is 393 g/mol. The van der Waals surface area contributed by atoms with Gasteiger partial charge in [0.15, 0.2) is 0 Å². The van der Waals surface area contributed by atoms with Crippen molar-refractivity contribution in [3.05, 3.63) is 24.2 Å². The molecule has 28 heavy (non-hydrogen) atoms. The molecular weight excluding hydrogens is 372 g/mol. The Morgan fingerprint density at radius 1 is 1.29 bits per heavy atom. The molecule has 3 heterocycles. The van der Waals surface area contributed by atoms with E-state index in [4.69, 9.17) is 9.15 Å². The van der Waals surface area contributed by atoms with Crippen LogP contribution in [0.4, 0.5) is 14.6 Å². The van der Waals surface area contributed by atoms with Crippen LogP contribution in [0.25, 0.3) is 11.5 Å². The van der Waals surface area contributed by atoms with Gasteiger partial charge >= 0.3 is 0 Å². The first-order valence-electron chi connectivity index (χ1n) is 9.23. The number of carbonyl (C=O) groups is 1. The van der Waals surface area contributed by atoms with E-state index in [0.717, 1.165) is 0 Å². The number of rotatable bonds is 4. The third-order valence-electron chi connectivity index (χ3n) is 5.14. The minimum Gasteiger partial charge on any atom is -0.417 e. The first-order valence-corrected chi connectivity index (χ1v) is 9.23. The molecule has 150 valence electrons. The standard InChI is InChI=1S/C18H21F2N5O3/c1-17(15(26)22-9-10-27-17)16-25-24-14(28-16)12-3-2-8-21-13(12)23-11-4-6-18(19,20)7-5-11/h2-3,8,11H,4-7,9-10H2,1H3,(H,21,23)(H,22,26). The first-order chi connectivity index (χ1) is 13.4. The molecule has 1 aliphatic carbocycles. The summed E-state index contributed by atoms with van der Waals surface area (Å²) in [7, 11) is 0. The number of pyridine rings is 1. The number of amides is 1. The van der Waals surface area contributed by atoms with E-state index in [2.05, 4.69) is 25.8 Å². The maximum Gasteiger partial charge on any atom is 0.261 e. The van der Waals surface area contributed by atoms with E-state index in [0.29, 0.717) is 37.4 Å². The van der Waals surface area contributed by atoms with Crippen LogP contribution in [0.15, 0.2) is 22.7 Å². The number of aromatic nitrogens is 3. The second-order valence-electron chi connectivity index (χ2n) is 7.22. The maximum atomic E-state index is 13.4. The third-order valence-corrected chi connectivity index (χ3v) is 5.14. The van der Waals surface area contributed by atoms with Crippen molar-refractivity contribution in [1.82, 2.24) is 20.5 Å². The van der Waals surface area contributed by atoms with Crippen LogP contribution in [-0.2, 0) is 15.1 Å². The molecular formula is C18H21F2N5O3. The molecule has 10 heteroatoms. The highest BCUT2D eigenvalue weighted by Gasteiger charge is 2.44. The Bertz CT molecular complexity index is 864. The van der Waals surface area contributed by atoms with Crippen LogP contribution in [0.1, 0.15) is 38.5 Å².